The first-order valence-corrected chi connectivity index (χ1v) is 6.98. The van der Waals surface area contributed by atoms with Gasteiger partial charge >= 0.3 is 6.09 Å². The molecular weight excluding hydrogens is 296 g/mol. The van der Waals surface area contributed by atoms with Gasteiger partial charge in [-0.25, -0.2) is 4.79 Å². The van der Waals surface area contributed by atoms with Crippen LogP contribution in [-0.2, 0) is 4.74 Å². The third-order valence-corrected chi connectivity index (χ3v) is 4.13. The molecule has 5 heteroatoms. The fraction of sp³-hybridized carbons (Fsp3) is 0.462. The summed E-state index contributed by atoms with van der Waals surface area (Å²) in [5, 5.41) is 3.31. The lowest BCUT2D eigenvalue weighted by atomic mass is 10.0. The second-order valence-electron chi connectivity index (χ2n) is 4.76. The van der Waals surface area contributed by atoms with Crippen LogP contribution in [0.15, 0.2) is 28.7 Å². The van der Waals surface area contributed by atoms with Crippen LogP contribution in [0.25, 0.3) is 0 Å². The number of carbonyl (C=O) groups is 1. The van der Waals surface area contributed by atoms with Crippen LogP contribution in [0.3, 0.4) is 0 Å². The molecule has 3 rings (SSSR count). The number of amides is 1. The number of benzene rings is 1. The Bertz CT molecular complexity index is 443. The van der Waals surface area contributed by atoms with Crippen LogP contribution in [0, 0.1) is 5.92 Å². The molecule has 2 heterocycles. The number of hydrogen-bond acceptors (Lipinski definition) is 3. The van der Waals surface area contributed by atoms with Crippen LogP contribution in [-0.4, -0.2) is 31.8 Å². The summed E-state index contributed by atoms with van der Waals surface area (Å²) < 4.78 is 6.49. The molecule has 2 saturated heterocycles. The normalized spacial score (nSPS) is 27.6. The van der Waals surface area contributed by atoms with Crippen molar-refractivity contribution in [2.24, 2.45) is 5.92 Å². The van der Waals surface area contributed by atoms with Crippen molar-refractivity contribution in [1.29, 1.82) is 0 Å². The zero-order valence-electron chi connectivity index (χ0n) is 9.93. The Morgan fingerprint density at radius 2 is 2.11 bits per heavy atom. The van der Waals surface area contributed by atoms with Crippen molar-refractivity contribution in [3.05, 3.63) is 28.7 Å². The Morgan fingerprint density at radius 3 is 2.78 bits per heavy atom. The van der Waals surface area contributed by atoms with Gasteiger partial charge in [0, 0.05) is 22.6 Å². The van der Waals surface area contributed by atoms with Gasteiger partial charge in [0.2, 0.25) is 0 Å². The minimum absolute atomic E-state index is 0.0242. The standard InChI is InChI=1S/C13H15BrN2O2/c14-10-1-3-11(4-2-10)16-8-12(18-13(16)17)9-5-6-15-7-9/h1-4,9,12,15H,5-8H2. The monoisotopic (exact) mass is 310 g/mol. The molecule has 2 unspecified atom stereocenters. The molecule has 1 aromatic carbocycles. The number of rotatable bonds is 2. The predicted octanol–water partition coefficient (Wildman–Crippen LogP) is 2.38. The number of anilines is 1. The molecule has 4 nitrogen and oxygen atoms in total. The Morgan fingerprint density at radius 1 is 1.33 bits per heavy atom. The van der Waals surface area contributed by atoms with E-state index in [1.165, 1.54) is 0 Å². The molecule has 96 valence electrons. The lowest BCUT2D eigenvalue weighted by Crippen LogP contribution is -2.28. The highest BCUT2D eigenvalue weighted by Gasteiger charge is 2.38. The van der Waals surface area contributed by atoms with Gasteiger partial charge in [0.05, 0.1) is 6.54 Å². The van der Waals surface area contributed by atoms with E-state index < -0.39 is 0 Å². The van der Waals surface area contributed by atoms with Crippen molar-refractivity contribution in [2.45, 2.75) is 12.5 Å². The molecule has 0 spiro atoms. The maximum Gasteiger partial charge on any atom is 0.414 e. The second kappa shape index (κ2) is 4.90. The van der Waals surface area contributed by atoms with Gasteiger partial charge in [-0.2, -0.15) is 0 Å². The van der Waals surface area contributed by atoms with Crippen LogP contribution in [0.5, 0.6) is 0 Å². The summed E-state index contributed by atoms with van der Waals surface area (Å²) in [6.07, 6.45) is 0.886. The van der Waals surface area contributed by atoms with Gasteiger partial charge in [0.25, 0.3) is 0 Å². The number of hydrogen-bond donors (Lipinski definition) is 1. The van der Waals surface area contributed by atoms with E-state index in [0.717, 1.165) is 29.7 Å². The van der Waals surface area contributed by atoms with Gasteiger partial charge in [-0.15, -0.1) is 0 Å². The second-order valence-corrected chi connectivity index (χ2v) is 5.68. The van der Waals surface area contributed by atoms with E-state index in [1.54, 1.807) is 4.90 Å². The fourth-order valence-corrected chi connectivity index (χ4v) is 2.82. The molecule has 1 amide bonds. The zero-order chi connectivity index (χ0) is 12.5. The van der Waals surface area contributed by atoms with Crippen molar-refractivity contribution < 1.29 is 9.53 Å². The molecule has 0 aromatic heterocycles. The largest absolute Gasteiger partial charge is 0.444 e. The van der Waals surface area contributed by atoms with Crippen molar-refractivity contribution in [3.63, 3.8) is 0 Å². The molecule has 1 N–H and O–H groups in total. The molecule has 0 bridgehead atoms. The van der Waals surface area contributed by atoms with Crippen molar-refractivity contribution in [3.8, 4) is 0 Å². The Labute approximate surface area is 114 Å². The molecule has 0 radical (unpaired) electrons. The quantitative estimate of drug-likeness (QED) is 0.912. The van der Waals surface area contributed by atoms with Gasteiger partial charge in [-0.3, -0.25) is 4.90 Å². The van der Waals surface area contributed by atoms with E-state index in [1.807, 2.05) is 24.3 Å². The number of cyclic esters (lactones) is 1. The number of nitrogens with one attached hydrogen (secondary N) is 1. The van der Waals surface area contributed by atoms with Gasteiger partial charge in [0.15, 0.2) is 0 Å². The van der Waals surface area contributed by atoms with E-state index in [4.69, 9.17) is 4.74 Å². The van der Waals surface area contributed by atoms with E-state index in [2.05, 4.69) is 21.2 Å². The molecular formula is C13H15BrN2O2. The summed E-state index contributed by atoms with van der Waals surface area (Å²) in [5.74, 6) is 0.453. The Balaban J connectivity index is 1.74. The molecule has 2 fully saturated rings. The minimum Gasteiger partial charge on any atom is -0.444 e. The van der Waals surface area contributed by atoms with Crippen LogP contribution in [0.2, 0.25) is 0 Å². The Kier molecular flexibility index (Phi) is 3.26. The highest BCUT2D eigenvalue weighted by Crippen LogP contribution is 2.28. The maximum absolute atomic E-state index is 11.9. The van der Waals surface area contributed by atoms with Gasteiger partial charge in [-0.05, 0) is 37.2 Å². The highest BCUT2D eigenvalue weighted by atomic mass is 79.9. The molecule has 18 heavy (non-hydrogen) atoms. The van der Waals surface area contributed by atoms with Crippen LogP contribution in [0.1, 0.15) is 6.42 Å². The lowest BCUT2D eigenvalue weighted by molar-refractivity contribution is 0.111. The van der Waals surface area contributed by atoms with Crippen molar-refractivity contribution in [2.75, 3.05) is 24.5 Å². The summed E-state index contributed by atoms with van der Waals surface area (Å²) in [4.78, 5) is 13.6. The van der Waals surface area contributed by atoms with Crippen LogP contribution < -0.4 is 10.2 Å². The van der Waals surface area contributed by atoms with Gasteiger partial charge in [0.1, 0.15) is 6.10 Å². The summed E-state index contributed by atoms with van der Waals surface area (Å²) in [6.45, 7) is 2.63. The van der Waals surface area contributed by atoms with E-state index in [-0.39, 0.29) is 12.2 Å². The topological polar surface area (TPSA) is 41.6 Å². The third-order valence-electron chi connectivity index (χ3n) is 3.60. The number of carbonyl (C=O) groups excluding carboxylic acids is 1. The average molecular weight is 311 g/mol. The van der Waals surface area contributed by atoms with Crippen molar-refractivity contribution >= 4 is 27.7 Å². The van der Waals surface area contributed by atoms with Crippen LogP contribution >= 0.6 is 15.9 Å². The van der Waals surface area contributed by atoms with Gasteiger partial charge in [-0.1, -0.05) is 15.9 Å². The number of ether oxygens (including phenoxy) is 1. The first kappa shape index (κ1) is 12.0. The predicted molar refractivity (Wildman–Crippen MR) is 72.7 cm³/mol. The summed E-state index contributed by atoms with van der Waals surface area (Å²) in [7, 11) is 0. The van der Waals surface area contributed by atoms with E-state index in [9.17, 15) is 4.79 Å². The zero-order valence-corrected chi connectivity index (χ0v) is 11.5. The minimum atomic E-state index is -0.228. The highest BCUT2D eigenvalue weighted by molar-refractivity contribution is 9.10. The first-order chi connectivity index (χ1) is 8.74. The third kappa shape index (κ3) is 2.24. The van der Waals surface area contributed by atoms with E-state index in [0.29, 0.717) is 12.5 Å². The lowest BCUT2D eigenvalue weighted by Gasteiger charge is -2.15. The first-order valence-electron chi connectivity index (χ1n) is 6.18. The van der Waals surface area contributed by atoms with Crippen LogP contribution in [0.4, 0.5) is 10.5 Å². The molecule has 2 aliphatic heterocycles. The van der Waals surface area contributed by atoms with E-state index >= 15 is 0 Å². The average Bonchev–Trinajstić information content (AvgIpc) is 2.99. The Hall–Kier alpha value is -1.07. The molecule has 0 aliphatic carbocycles. The molecule has 0 saturated carbocycles. The molecule has 1 aromatic rings. The number of nitrogens with zero attached hydrogens (tertiary/aromatic N) is 1. The summed E-state index contributed by atoms with van der Waals surface area (Å²) in [6, 6.07) is 7.74. The van der Waals surface area contributed by atoms with Gasteiger partial charge < -0.3 is 10.1 Å². The maximum atomic E-state index is 11.9. The SMILES string of the molecule is O=C1OC(C2CCNC2)CN1c1ccc(Br)cc1. The van der Waals surface area contributed by atoms with Crippen molar-refractivity contribution in [1.82, 2.24) is 5.32 Å². The molecule has 2 atom stereocenters. The fourth-order valence-electron chi connectivity index (χ4n) is 2.56. The number of halogens is 1. The smallest absolute Gasteiger partial charge is 0.414 e. The summed E-state index contributed by atoms with van der Waals surface area (Å²) in [5.41, 5.74) is 0.900. The molecule has 2 aliphatic rings. The summed E-state index contributed by atoms with van der Waals surface area (Å²) >= 11 is 3.39.